The molecule has 4 N–H and O–H groups in total. The maximum Gasteiger partial charge on any atom is 0.133 e. The summed E-state index contributed by atoms with van der Waals surface area (Å²) >= 11 is 1.61. The second kappa shape index (κ2) is 3.71. The van der Waals surface area contributed by atoms with Gasteiger partial charge in [0, 0.05) is 11.1 Å². The van der Waals surface area contributed by atoms with Gasteiger partial charge >= 0.3 is 0 Å². The van der Waals surface area contributed by atoms with Gasteiger partial charge in [0.15, 0.2) is 0 Å². The Labute approximate surface area is 102 Å². The fourth-order valence-corrected chi connectivity index (χ4v) is 2.53. The molecule has 0 fully saturated rings. The molecular formula is C12H10N4S. The number of nitrogens with two attached hydrogens (primary N) is 2. The number of rotatable bonds is 1. The summed E-state index contributed by atoms with van der Waals surface area (Å²) in [6.45, 7) is 0. The van der Waals surface area contributed by atoms with Gasteiger partial charge in [-0.05, 0) is 18.2 Å². The lowest BCUT2D eigenvalue weighted by molar-refractivity contribution is 1.34. The Morgan fingerprint density at radius 3 is 2.71 bits per heavy atom. The van der Waals surface area contributed by atoms with Crippen molar-refractivity contribution in [3.63, 3.8) is 0 Å². The molecule has 0 radical (unpaired) electrons. The van der Waals surface area contributed by atoms with Crippen molar-refractivity contribution in [1.82, 2.24) is 9.97 Å². The van der Waals surface area contributed by atoms with Crippen LogP contribution in [0.5, 0.6) is 0 Å². The van der Waals surface area contributed by atoms with Gasteiger partial charge in [0.1, 0.15) is 11.6 Å². The molecule has 5 heteroatoms. The van der Waals surface area contributed by atoms with Gasteiger partial charge in [-0.2, -0.15) is 0 Å². The Kier molecular flexibility index (Phi) is 2.19. The Balaban J connectivity index is 2.30. The molecule has 0 aliphatic carbocycles. The average Bonchev–Trinajstić information content (AvgIpc) is 2.77. The van der Waals surface area contributed by atoms with E-state index in [1.165, 1.54) is 0 Å². The van der Waals surface area contributed by atoms with Crippen LogP contribution in [0.4, 0.5) is 11.6 Å². The van der Waals surface area contributed by atoms with Crippen LogP contribution >= 0.6 is 11.3 Å². The third-order valence-electron chi connectivity index (χ3n) is 2.60. The molecule has 1 aromatic carbocycles. The molecule has 2 aromatic heterocycles. The minimum atomic E-state index is 0.428. The van der Waals surface area contributed by atoms with Crippen molar-refractivity contribution in [2.24, 2.45) is 0 Å². The maximum absolute atomic E-state index is 5.90. The molecule has 0 atom stereocenters. The monoisotopic (exact) mass is 242 g/mol. The van der Waals surface area contributed by atoms with Gasteiger partial charge in [-0.15, -0.1) is 11.3 Å². The molecule has 0 saturated heterocycles. The summed E-state index contributed by atoms with van der Waals surface area (Å²) in [7, 11) is 0. The second-order valence-corrected chi connectivity index (χ2v) is 4.56. The number of nitrogens with zero attached hydrogens (tertiary/aromatic N) is 2. The fourth-order valence-electron chi connectivity index (χ4n) is 1.82. The van der Waals surface area contributed by atoms with E-state index in [9.17, 15) is 0 Å². The molecular weight excluding hydrogens is 232 g/mol. The quantitative estimate of drug-likeness (QED) is 0.687. The normalized spacial score (nSPS) is 10.8. The van der Waals surface area contributed by atoms with E-state index in [4.69, 9.17) is 11.5 Å². The van der Waals surface area contributed by atoms with Gasteiger partial charge in [0.05, 0.1) is 15.7 Å². The number of para-hydroxylation sites is 1. The van der Waals surface area contributed by atoms with Gasteiger partial charge in [0.25, 0.3) is 0 Å². The van der Waals surface area contributed by atoms with Gasteiger partial charge in [-0.1, -0.05) is 12.1 Å². The number of anilines is 2. The van der Waals surface area contributed by atoms with Crippen molar-refractivity contribution >= 4 is 33.2 Å². The van der Waals surface area contributed by atoms with E-state index in [2.05, 4.69) is 9.97 Å². The lowest BCUT2D eigenvalue weighted by Crippen LogP contribution is -1.98. The predicted octanol–water partition coefficient (Wildman–Crippen LogP) is 2.52. The lowest BCUT2D eigenvalue weighted by atomic mass is 10.1. The van der Waals surface area contributed by atoms with E-state index in [1.807, 2.05) is 29.8 Å². The van der Waals surface area contributed by atoms with Crippen LogP contribution in [0.1, 0.15) is 0 Å². The number of benzene rings is 1. The number of fused-ring (bicyclic) bond motifs is 1. The summed E-state index contributed by atoms with van der Waals surface area (Å²) in [5.74, 6) is 0.863. The Bertz CT molecular complexity index is 690. The van der Waals surface area contributed by atoms with E-state index in [1.54, 1.807) is 17.4 Å². The molecule has 4 nitrogen and oxygen atoms in total. The predicted molar refractivity (Wildman–Crippen MR) is 71.7 cm³/mol. The summed E-state index contributed by atoms with van der Waals surface area (Å²) in [4.78, 5) is 8.43. The van der Waals surface area contributed by atoms with Gasteiger partial charge in [-0.25, -0.2) is 9.97 Å². The van der Waals surface area contributed by atoms with Crippen LogP contribution in [-0.4, -0.2) is 9.97 Å². The summed E-state index contributed by atoms with van der Waals surface area (Å²) in [6, 6.07) is 9.65. The van der Waals surface area contributed by atoms with Crippen molar-refractivity contribution in [3.05, 3.63) is 35.8 Å². The first-order valence-corrected chi connectivity index (χ1v) is 5.98. The third-order valence-corrected chi connectivity index (χ3v) is 3.39. The van der Waals surface area contributed by atoms with E-state index in [0.717, 1.165) is 21.3 Å². The number of nitrogen functional groups attached to an aromatic ring is 2. The van der Waals surface area contributed by atoms with Crippen LogP contribution < -0.4 is 11.5 Å². The van der Waals surface area contributed by atoms with Crippen molar-refractivity contribution in [2.45, 2.75) is 0 Å². The van der Waals surface area contributed by atoms with Crippen LogP contribution in [0.25, 0.3) is 21.3 Å². The van der Waals surface area contributed by atoms with Crippen molar-refractivity contribution < 1.29 is 0 Å². The summed E-state index contributed by atoms with van der Waals surface area (Å²) in [5.41, 5.74) is 16.1. The number of hydrogen-bond acceptors (Lipinski definition) is 5. The molecule has 0 aliphatic heterocycles. The molecule has 0 saturated carbocycles. The highest BCUT2D eigenvalue weighted by Gasteiger charge is 2.09. The first-order valence-electron chi connectivity index (χ1n) is 5.10. The average molecular weight is 242 g/mol. The molecule has 3 rings (SSSR count). The van der Waals surface area contributed by atoms with Crippen LogP contribution in [0, 0.1) is 0 Å². The van der Waals surface area contributed by atoms with E-state index in [0.29, 0.717) is 11.6 Å². The Hall–Kier alpha value is -2.14. The number of aromatic nitrogens is 2. The van der Waals surface area contributed by atoms with Crippen molar-refractivity contribution in [1.29, 1.82) is 0 Å². The molecule has 2 heterocycles. The van der Waals surface area contributed by atoms with Crippen LogP contribution in [-0.2, 0) is 0 Å². The summed E-state index contributed by atoms with van der Waals surface area (Å²) in [5, 5.41) is 0. The number of thiazole rings is 1. The molecule has 0 aliphatic rings. The first kappa shape index (κ1) is 10.0. The standard InChI is InChI=1S/C12H10N4S/c13-10-5-4-8(12(14)16-10)7-2-1-3-9-11(7)15-6-17-9/h1-6H,(H4,13,14,16). The zero-order valence-corrected chi connectivity index (χ0v) is 9.74. The second-order valence-electron chi connectivity index (χ2n) is 3.67. The number of pyridine rings is 1. The van der Waals surface area contributed by atoms with E-state index in [-0.39, 0.29) is 0 Å². The minimum Gasteiger partial charge on any atom is -0.384 e. The van der Waals surface area contributed by atoms with Crippen LogP contribution in [0.15, 0.2) is 35.8 Å². The maximum atomic E-state index is 5.90. The molecule has 3 aromatic rings. The molecule has 84 valence electrons. The van der Waals surface area contributed by atoms with Crippen molar-refractivity contribution in [3.8, 4) is 11.1 Å². The van der Waals surface area contributed by atoms with E-state index >= 15 is 0 Å². The highest BCUT2D eigenvalue weighted by atomic mass is 32.1. The zero-order valence-electron chi connectivity index (χ0n) is 8.92. The van der Waals surface area contributed by atoms with Gasteiger partial charge in [0.2, 0.25) is 0 Å². The summed E-state index contributed by atoms with van der Waals surface area (Å²) in [6.07, 6.45) is 0. The van der Waals surface area contributed by atoms with Gasteiger partial charge < -0.3 is 11.5 Å². The summed E-state index contributed by atoms with van der Waals surface area (Å²) < 4.78 is 1.14. The number of hydrogen-bond donors (Lipinski definition) is 2. The van der Waals surface area contributed by atoms with Crippen molar-refractivity contribution in [2.75, 3.05) is 11.5 Å². The Morgan fingerprint density at radius 2 is 1.88 bits per heavy atom. The minimum absolute atomic E-state index is 0.428. The first-order chi connectivity index (χ1) is 8.25. The van der Waals surface area contributed by atoms with Crippen LogP contribution in [0.3, 0.4) is 0 Å². The lowest BCUT2D eigenvalue weighted by Gasteiger charge is -2.06. The van der Waals surface area contributed by atoms with Crippen LogP contribution in [0.2, 0.25) is 0 Å². The third kappa shape index (κ3) is 1.60. The smallest absolute Gasteiger partial charge is 0.133 e. The topological polar surface area (TPSA) is 77.8 Å². The molecule has 0 amide bonds. The zero-order chi connectivity index (χ0) is 11.8. The largest absolute Gasteiger partial charge is 0.384 e. The van der Waals surface area contributed by atoms with Gasteiger partial charge in [-0.3, -0.25) is 0 Å². The SMILES string of the molecule is Nc1ccc(-c2cccc3scnc23)c(N)n1. The highest BCUT2D eigenvalue weighted by molar-refractivity contribution is 7.16. The molecule has 17 heavy (non-hydrogen) atoms. The molecule has 0 unspecified atom stereocenters. The fraction of sp³-hybridized carbons (Fsp3) is 0. The molecule has 0 bridgehead atoms. The highest BCUT2D eigenvalue weighted by Crippen LogP contribution is 2.32. The Morgan fingerprint density at radius 1 is 1.00 bits per heavy atom. The molecule has 0 spiro atoms. The van der Waals surface area contributed by atoms with E-state index < -0.39 is 0 Å².